The van der Waals surface area contributed by atoms with Crippen molar-refractivity contribution in [2.75, 3.05) is 25.0 Å². The Morgan fingerprint density at radius 3 is 2.61 bits per heavy atom. The van der Waals surface area contributed by atoms with E-state index < -0.39 is 24.3 Å². The first-order valence-corrected chi connectivity index (χ1v) is 12.3. The number of likely N-dealkylation sites (tertiary alicyclic amines) is 1. The fourth-order valence-electron chi connectivity index (χ4n) is 4.61. The molecular formula is C27H34N2O7. The van der Waals surface area contributed by atoms with E-state index in [9.17, 15) is 19.8 Å². The fourth-order valence-corrected chi connectivity index (χ4v) is 4.61. The lowest BCUT2D eigenvalue weighted by Gasteiger charge is -2.38. The summed E-state index contributed by atoms with van der Waals surface area (Å²) in [7, 11) is 0. The normalized spacial score (nSPS) is 25.3. The maximum Gasteiger partial charge on any atom is 0.303 e. The molecule has 2 saturated heterocycles. The van der Waals surface area contributed by atoms with E-state index in [2.05, 4.69) is 10.2 Å². The fraction of sp³-hybridized carbons (Fsp3) is 0.481. The first-order chi connectivity index (χ1) is 17.3. The van der Waals surface area contributed by atoms with Gasteiger partial charge in [-0.05, 0) is 36.6 Å². The second-order valence-electron chi connectivity index (χ2n) is 9.42. The van der Waals surface area contributed by atoms with E-state index in [0.29, 0.717) is 25.2 Å². The van der Waals surface area contributed by atoms with Gasteiger partial charge in [-0.1, -0.05) is 36.4 Å². The van der Waals surface area contributed by atoms with Crippen LogP contribution in [0.1, 0.15) is 55.8 Å². The van der Waals surface area contributed by atoms with Crippen LogP contribution in [-0.4, -0.2) is 64.9 Å². The monoisotopic (exact) mass is 498 g/mol. The summed E-state index contributed by atoms with van der Waals surface area (Å²) < 4.78 is 17.7. The Labute approximate surface area is 211 Å². The van der Waals surface area contributed by atoms with Crippen LogP contribution in [0.4, 0.5) is 5.69 Å². The van der Waals surface area contributed by atoms with E-state index >= 15 is 0 Å². The van der Waals surface area contributed by atoms with Gasteiger partial charge in [-0.25, -0.2) is 0 Å². The van der Waals surface area contributed by atoms with Gasteiger partial charge in [-0.15, -0.1) is 0 Å². The summed E-state index contributed by atoms with van der Waals surface area (Å²) in [5.41, 5.74) is 3.11. The highest BCUT2D eigenvalue weighted by atomic mass is 16.7. The second kappa shape index (κ2) is 11.9. The van der Waals surface area contributed by atoms with Gasteiger partial charge in [0, 0.05) is 44.2 Å². The van der Waals surface area contributed by atoms with Crippen LogP contribution in [0.25, 0.3) is 0 Å². The van der Waals surface area contributed by atoms with Crippen LogP contribution in [0.5, 0.6) is 0 Å². The maximum atomic E-state index is 12.4. The molecule has 5 atom stereocenters. The number of anilines is 1. The lowest BCUT2D eigenvalue weighted by molar-refractivity contribution is -0.252. The number of aliphatic hydroxyl groups excluding tert-OH is 2. The summed E-state index contributed by atoms with van der Waals surface area (Å²) in [4.78, 5) is 25.8. The summed E-state index contributed by atoms with van der Waals surface area (Å²) >= 11 is 0. The zero-order valence-electron chi connectivity index (χ0n) is 20.6. The van der Waals surface area contributed by atoms with E-state index in [-0.39, 0.29) is 24.9 Å². The number of hydrogen-bond acceptors (Lipinski definition) is 8. The van der Waals surface area contributed by atoms with Gasteiger partial charge in [0.25, 0.3) is 5.91 Å². The second-order valence-corrected chi connectivity index (χ2v) is 9.42. The summed E-state index contributed by atoms with van der Waals surface area (Å²) in [6.07, 6.45) is -0.835. The maximum absolute atomic E-state index is 12.4. The minimum Gasteiger partial charge on any atom is -0.453 e. The van der Waals surface area contributed by atoms with Crippen molar-refractivity contribution in [1.29, 1.82) is 0 Å². The molecule has 0 radical (unpaired) electrons. The van der Waals surface area contributed by atoms with Crippen LogP contribution in [0.15, 0.2) is 48.5 Å². The molecule has 2 aliphatic rings. The number of amides is 1. The van der Waals surface area contributed by atoms with E-state index in [1.807, 2.05) is 30.3 Å². The Morgan fingerprint density at radius 1 is 1.17 bits per heavy atom. The van der Waals surface area contributed by atoms with Crippen molar-refractivity contribution < 1.29 is 34.0 Å². The lowest BCUT2D eigenvalue weighted by Crippen LogP contribution is -2.38. The smallest absolute Gasteiger partial charge is 0.303 e. The van der Waals surface area contributed by atoms with Crippen LogP contribution in [0.2, 0.25) is 0 Å². The number of β-amino-alcohol motifs (C(OH)–C–C–N with tert-alkyl or cyclic N) is 1. The zero-order valence-corrected chi connectivity index (χ0v) is 20.6. The molecule has 0 aliphatic carbocycles. The Morgan fingerprint density at radius 2 is 1.94 bits per heavy atom. The third kappa shape index (κ3) is 6.89. The Bertz CT molecular complexity index is 1040. The topological polar surface area (TPSA) is 118 Å². The van der Waals surface area contributed by atoms with Crippen molar-refractivity contribution in [3.63, 3.8) is 0 Å². The van der Waals surface area contributed by atoms with E-state index in [4.69, 9.17) is 14.2 Å². The molecular weight excluding hydrogens is 464 g/mol. The number of ether oxygens (including phenoxy) is 3. The Balaban J connectivity index is 1.51. The third-order valence-corrected chi connectivity index (χ3v) is 6.46. The third-order valence-electron chi connectivity index (χ3n) is 6.46. The SMILES string of the molecule is CC(=O)O[C@@H](C)C(=O)Nc1cccc([C@@H]2O[C@H](CN3CC[C@H](O)C3)C[C@H](c3ccc(CO)cc3)O2)c1. The molecule has 2 fully saturated rings. The average Bonchev–Trinajstić information content (AvgIpc) is 3.27. The summed E-state index contributed by atoms with van der Waals surface area (Å²) in [6, 6.07) is 14.9. The predicted molar refractivity (Wildman–Crippen MR) is 132 cm³/mol. The van der Waals surface area contributed by atoms with Gasteiger partial charge in [0.2, 0.25) is 0 Å². The Kier molecular flexibility index (Phi) is 8.71. The number of rotatable bonds is 8. The molecule has 36 heavy (non-hydrogen) atoms. The molecule has 2 heterocycles. The number of hydrogen-bond donors (Lipinski definition) is 3. The van der Waals surface area contributed by atoms with Gasteiger partial charge in [-0.2, -0.15) is 0 Å². The molecule has 0 unspecified atom stereocenters. The minimum absolute atomic E-state index is 0.0218. The molecule has 0 bridgehead atoms. The molecule has 9 nitrogen and oxygen atoms in total. The average molecular weight is 499 g/mol. The van der Waals surface area contributed by atoms with Crippen molar-refractivity contribution in [3.05, 3.63) is 65.2 Å². The number of carbonyl (C=O) groups is 2. The molecule has 194 valence electrons. The molecule has 9 heteroatoms. The zero-order chi connectivity index (χ0) is 25.7. The molecule has 1 amide bonds. The van der Waals surface area contributed by atoms with Gasteiger partial charge in [-0.3, -0.25) is 14.5 Å². The number of carbonyl (C=O) groups excluding carboxylic acids is 2. The lowest BCUT2D eigenvalue weighted by atomic mass is 9.99. The quantitative estimate of drug-likeness (QED) is 0.476. The van der Waals surface area contributed by atoms with E-state index in [1.165, 1.54) is 13.8 Å². The van der Waals surface area contributed by atoms with Crippen molar-refractivity contribution >= 4 is 17.6 Å². The first kappa shape index (κ1) is 26.2. The molecule has 0 spiro atoms. The van der Waals surface area contributed by atoms with Crippen LogP contribution < -0.4 is 5.32 Å². The highest BCUT2D eigenvalue weighted by Gasteiger charge is 2.34. The number of nitrogens with one attached hydrogen (secondary N) is 1. The van der Waals surface area contributed by atoms with Crippen LogP contribution in [0, 0.1) is 0 Å². The van der Waals surface area contributed by atoms with Crippen molar-refractivity contribution in [2.45, 2.75) is 64.0 Å². The largest absolute Gasteiger partial charge is 0.453 e. The summed E-state index contributed by atoms with van der Waals surface area (Å²) in [6.45, 7) is 4.88. The van der Waals surface area contributed by atoms with Gasteiger partial charge in [0.1, 0.15) is 0 Å². The van der Waals surface area contributed by atoms with Crippen LogP contribution in [-0.2, 0) is 30.4 Å². The van der Waals surface area contributed by atoms with Gasteiger partial charge in [0.05, 0.1) is 24.9 Å². The molecule has 4 rings (SSSR count). The highest BCUT2D eigenvalue weighted by Crippen LogP contribution is 2.39. The number of benzene rings is 2. The first-order valence-electron chi connectivity index (χ1n) is 12.3. The van der Waals surface area contributed by atoms with Gasteiger partial charge >= 0.3 is 5.97 Å². The summed E-state index contributed by atoms with van der Waals surface area (Å²) in [5.74, 6) is -0.954. The van der Waals surface area contributed by atoms with Crippen molar-refractivity contribution in [3.8, 4) is 0 Å². The van der Waals surface area contributed by atoms with Gasteiger partial charge < -0.3 is 29.7 Å². The van der Waals surface area contributed by atoms with Crippen molar-refractivity contribution in [2.24, 2.45) is 0 Å². The molecule has 3 N–H and O–H groups in total. The molecule has 2 aliphatic heterocycles. The summed E-state index contributed by atoms with van der Waals surface area (Å²) in [5, 5.41) is 22.1. The van der Waals surface area contributed by atoms with E-state index in [0.717, 1.165) is 29.7 Å². The van der Waals surface area contributed by atoms with Crippen molar-refractivity contribution in [1.82, 2.24) is 4.90 Å². The van der Waals surface area contributed by atoms with Crippen LogP contribution >= 0.6 is 0 Å². The number of aliphatic hydroxyl groups is 2. The van der Waals surface area contributed by atoms with Gasteiger partial charge in [0.15, 0.2) is 12.4 Å². The van der Waals surface area contributed by atoms with E-state index in [1.54, 1.807) is 18.2 Å². The minimum atomic E-state index is -0.917. The molecule has 0 saturated carbocycles. The number of nitrogens with zero attached hydrogens (tertiary/aromatic N) is 1. The highest BCUT2D eigenvalue weighted by molar-refractivity contribution is 5.95. The number of esters is 1. The standard InChI is InChI=1S/C27H34N2O7/c1-17(34-18(2)31)26(33)28-22-5-3-4-21(12-22)27-35-24(15-29-11-10-23(32)14-29)13-25(36-27)20-8-6-19(16-30)7-9-20/h3-9,12,17,23-25,27,30,32H,10-11,13-16H2,1-2H3,(H,28,33)/t17-,23-,24-,25+,27+/m0/s1. The molecule has 0 aromatic heterocycles. The molecule has 2 aromatic carbocycles. The predicted octanol–water partition coefficient (Wildman–Crippen LogP) is 2.68. The van der Waals surface area contributed by atoms with Crippen LogP contribution in [0.3, 0.4) is 0 Å². The molecule has 2 aromatic rings. The Hall–Kier alpha value is -2.82.